The van der Waals surface area contributed by atoms with Gasteiger partial charge in [0.1, 0.15) is 0 Å². The van der Waals surface area contributed by atoms with E-state index in [4.69, 9.17) is 4.74 Å². The molecule has 0 spiro atoms. The molecule has 1 saturated heterocycles. The molecule has 5 nitrogen and oxygen atoms in total. The Kier molecular flexibility index (Phi) is 4.28. The van der Waals surface area contributed by atoms with E-state index in [1.54, 1.807) is 11.8 Å². The number of rotatable bonds is 6. The summed E-state index contributed by atoms with van der Waals surface area (Å²) in [5.74, 6) is 1.69. The molecule has 2 heterocycles. The largest absolute Gasteiger partial charge is 0.396 e. The summed E-state index contributed by atoms with van der Waals surface area (Å²) in [5, 5.41) is 19.0. The van der Waals surface area contributed by atoms with E-state index in [1.807, 2.05) is 30.3 Å². The third-order valence-corrected chi connectivity index (χ3v) is 5.04. The Balaban J connectivity index is 1.79. The van der Waals surface area contributed by atoms with Crippen LogP contribution in [0.25, 0.3) is 11.4 Å². The third kappa shape index (κ3) is 2.84. The van der Waals surface area contributed by atoms with E-state index in [0.717, 1.165) is 28.8 Å². The summed E-state index contributed by atoms with van der Waals surface area (Å²) in [5.41, 5.74) is 0.963. The molecule has 2 aromatic rings. The SMILES string of the molecule is CCn1c(SCC2(CO)COC2)nnc1-c1ccccc1. The maximum Gasteiger partial charge on any atom is 0.191 e. The van der Waals surface area contributed by atoms with Crippen LogP contribution in [0.15, 0.2) is 35.5 Å². The molecule has 0 saturated carbocycles. The minimum Gasteiger partial charge on any atom is -0.396 e. The van der Waals surface area contributed by atoms with Crippen LogP contribution in [0.2, 0.25) is 0 Å². The minimum atomic E-state index is -0.109. The van der Waals surface area contributed by atoms with Gasteiger partial charge in [0.25, 0.3) is 0 Å². The van der Waals surface area contributed by atoms with Gasteiger partial charge in [-0.2, -0.15) is 0 Å². The number of hydrogen-bond donors (Lipinski definition) is 1. The van der Waals surface area contributed by atoms with Crippen molar-refractivity contribution >= 4 is 11.8 Å². The molecule has 0 atom stereocenters. The van der Waals surface area contributed by atoms with Crippen LogP contribution in [0.1, 0.15) is 6.92 Å². The summed E-state index contributed by atoms with van der Waals surface area (Å²) in [6.07, 6.45) is 0. The number of aliphatic hydroxyl groups is 1. The monoisotopic (exact) mass is 305 g/mol. The fraction of sp³-hybridized carbons (Fsp3) is 0.467. The molecule has 1 fully saturated rings. The molecule has 0 bridgehead atoms. The average Bonchev–Trinajstić information content (AvgIpc) is 2.90. The predicted molar refractivity (Wildman–Crippen MR) is 82.2 cm³/mol. The summed E-state index contributed by atoms with van der Waals surface area (Å²) in [6.45, 7) is 4.33. The summed E-state index contributed by atoms with van der Waals surface area (Å²) >= 11 is 1.64. The van der Waals surface area contributed by atoms with E-state index in [0.29, 0.717) is 13.2 Å². The second-order valence-corrected chi connectivity index (χ2v) is 6.30. The number of hydrogen-bond acceptors (Lipinski definition) is 5. The Morgan fingerprint density at radius 2 is 2.05 bits per heavy atom. The van der Waals surface area contributed by atoms with Crippen LogP contribution < -0.4 is 0 Å². The van der Waals surface area contributed by atoms with Crippen LogP contribution in [-0.2, 0) is 11.3 Å². The van der Waals surface area contributed by atoms with Gasteiger partial charge in [0.2, 0.25) is 0 Å². The molecule has 3 rings (SSSR count). The number of thioether (sulfide) groups is 1. The maximum atomic E-state index is 9.49. The molecule has 1 N–H and O–H groups in total. The van der Waals surface area contributed by atoms with Crippen molar-refractivity contribution in [3.05, 3.63) is 30.3 Å². The summed E-state index contributed by atoms with van der Waals surface area (Å²) in [7, 11) is 0. The van der Waals surface area contributed by atoms with Gasteiger partial charge in [-0.15, -0.1) is 10.2 Å². The molecular weight excluding hydrogens is 286 g/mol. The first kappa shape index (κ1) is 14.6. The molecule has 1 aromatic carbocycles. The molecule has 112 valence electrons. The lowest BCUT2D eigenvalue weighted by Gasteiger charge is -2.39. The van der Waals surface area contributed by atoms with Gasteiger partial charge >= 0.3 is 0 Å². The van der Waals surface area contributed by atoms with Crippen molar-refractivity contribution in [1.29, 1.82) is 0 Å². The number of nitrogens with zero attached hydrogens (tertiary/aromatic N) is 3. The average molecular weight is 305 g/mol. The molecule has 0 aliphatic carbocycles. The van der Waals surface area contributed by atoms with Crippen molar-refractivity contribution in [2.75, 3.05) is 25.6 Å². The van der Waals surface area contributed by atoms with Crippen molar-refractivity contribution in [2.24, 2.45) is 5.41 Å². The van der Waals surface area contributed by atoms with Crippen molar-refractivity contribution < 1.29 is 9.84 Å². The van der Waals surface area contributed by atoms with E-state index in [-0.39, 0.29) is 12.0 Å². The van der Waals surface area contributed by atoms with Crippen LogP contribution in [0.4, 0.5) is 0 Å². The van der Waals surface area contributed by atoms with E-state index in [2.05, 4.69) is 21.7 Å². The van der Waals surface area contributed by atoms with Gasteiger partial charge in [-0.25, -0.2) is 0 Å². The first-order chi connectivity index (χ1) is 10.3. The van der Waals surface area contributed by atoms with Crippen molar-refractivity contribution in [3.63, 3.8) is 0 Å². The molecule has 6 heteroatoms. The number of ether oxygens (including phenoxy) is 1. The lowest BCUT2D eigenvalue weighted by molar-refractivity contribution is -0.121. The van der Waals surface area contributed by atoms with Gasteiger partial charge in [-0.05, 0) is 6.92 Å². The van der Waals surface area contributed by atoms with Gasteiger partial charge in [0, 0.05) is 23.3 Å². The first-order valence-corrected chi connectivity index (χ1v) is 8.06. The van der Waals surface area contributed by atoms with E-state index < -0.39 is 0 Å². The van der Waals surface area contributed by atoms with Gasteiger partial charge in [0.05, 0.1) is 19.8 Å². The highest BCUT2D eigenvalue weighted by Gasteiger charge is 2.38. The highest BCUT2D eigenvalue weighted by molar-refractivity contribution is 7.99. The quantitative estimate of drug-likeness (QED) is 0.828. The number of aliphatic hydroxyl groups excluding tert-OH is 1. The molecule has 1 aliphatic heterocycles. The lowest BCUT2D eigenvalue weighted by Crippen LogP contribution is -2.47. The fourth-order valence-corrected chi connectivity index (χ4v) is 3.47. The zero-order chi connectivity index (χ0) is 14.7. The van der Waals surface area contributed by atoms with E-state index in [9.17, 15) is 5.11 Å². The first-order valence-electron chi connectivity index (χ1n) is 7.08. The normalized spacial score (nSPS) is 16.7. The van der Waals surface area contributed by atoms with E-state index >= 15 is 0 Å². The standard InChI is InChI=1S/C15H19N3O2S/c1-2-18-13(12-6-4-3-5-7-12)16-17-14(18)21-11-15(8-19)9-20-10-15/h3-7,19H,2,8-11H2,1H3. The maximum absolute atomic E-state index is 9.49. The van der Waals surface area contributed by atoms with Crippen molar-refractivity contribution in [3.8, 4) is 11.4 Å². The van der Waals surface area contributed by atoms with Crippen LogP contribution in [0, 0.1) is 5.41 Å². The van der Waals surface area contributed by atoms with Crippen molar-refractivity contribution in [1.82, 2.24) is 14.8 Å². The lowest BCUT2D eigenvalue weighted by atomic mass is 9.90. The highest BCUT2D eigenvalue weighted by Crippen LogP contribution is 2.34. The molecule has 1 aromatic heterocycles. The van der Waals surface area contributed by atoms with Crippen LogP contribution >= 0.6 is 11.8 Å². The Morgan fingerprint density at radius 1 is 1.29 bits per heavy atom. The fourth-order valence-electron chi connectivity index (χ4n) is 2.31. The summed E-state index contributed by atoms with van der Waals surface area (Å²) in [4.78, 5) is 0. The van der Waals surface area contributed by atoms with Crippen LogP contribution in [0.3, 0.4) is 0 Å². The zero-order valence-electron chi connectivity index (χ0n) is 12.0. The number of benzene rings is 1. The van der Waals surface area contributed by atoms with Gasteiger partial charge in [-0.1, -0.05) is 42.1 Å². The zero-order valence-corrected chi connectivity index (χ0v) is 12.8. The number of aromatic nitrogens is 3. The smallest absolute Gasteiger partial charge is 0.191 e. The Hall–Kier alpha value is -1.37. The van der Waals surface area contributed by atoms with Crippen LogP contribution in [0.5, 0.6) is 0 Å². The van der Waals surface area contributed by atoms with Crippen LogP contribution in [-0.4, -0.2) is 45.4 Å². The second-order valence-electron chi connectivity index (χ2n) is 5.36. The topological polar surface area (TPSA) is 60.2 Å². The second kappa shape index (κ2) is 6.17. The Morgan fingerprint density at radius 3 is 2.62 bits per heavy atom. The molecule has 1 aliphatic rings. The van der Waals surface area contributed by atoms with Gasteiger partial charge in [0.15, 0.2) is 11.0 Å². The predicted octanol–water partition coefficient (Wildman–Crippen LogP) is 2.07. The van der Waals surface area contributed by atoms with Crippen molar-refractivity contribution in [2.45, 2.75) is 18.6 Å². The highest BCUT2D eigenvalue weighted by atomic mass is 32.2. The van der Waals surface area contributed by atoms with Gasteiger partial charge in [-0.3, -0.25) is 0 Å². The summed E-state index contributed by atoms with van der Waals surface area (Å²) < 4.78 is 7.35. The van der Waals surface area contributed by atoms with Gasteiger partial charge < -0.3 is 14.4 Å². The third-order valence-electron chi connectivity index (χ3n) is 3.72. The minimum absolute atomic E-state index is 0.109. The molecular formula is C15H19N3O2S. The summed E-state index contributed by atoms with van der Waals surface area (Å²) in [6, 6.07) is 10.1. The molecule has 0 amide bonds. The molecule has 0 radical (unpaired) electrons. The Bertz CT molecular complexity index is 591. The molecule has 0 unspecified atom stereocenters. The Labute approximate surface area is 128 Å². The van der Waals surface area contributed by atoms with E-state index in [1.165, 1.54) is 0 Å². The molecule has 21 heavy (non-hydrogen) atoms.